The zero-order chi connectivity index (χ0) is 17.0. The van der Waals surface area contributed by atoms with Crippen LogP contribution in [0.2, 0.25) is 0 Å². The summed E-state index contributed by atoms with van der Waals surface area (Å²) in [6.45, 7) is 9.07. The van der Waals surface area contributed by atoms with Crippen molar-refractivity contribution in [2.24, 2.45) is 5.92 Å². The highest BCUT2D eigenvalue weighted by molar-refractivity contribution is 5.89. The monoisotopic (exact) mass is 309 g/mol. The summed E-state index contributed by atoms with van der Waals surface area (Å²) in [5.74, 6) is 0.424. The van der Waals surface area contributed by atoms with Gasteiger partial charge in [-0.25, -0.2) is 4.79 Å². The molecule has 0 spiro atoms. The van der Waals surface area contributed by atoms with E-state index in [2.05, 4.69) is 19.2 Å². The number of carbonyl (C=O) groups is 2. The van der Waals surface area contributed by atoms with Gasteiger partial charge in [-0.3, -0.25) is 4.79 Å². The van der Waals surface area contributed by atoms with Gasteiger partial charge in [0.25, 0.3) is 6.47 Å². The van der Waals surface area contributed by atoms with Gasteiger partial charge in [0.15, 0.2) is 0 Å². The highest BCUT2D eigenvalue weighted by Gasteiger charge is 2.17. The van der Waals surface area contributed by atoms with Crippen LogP contribution < -0.4 is 5.32 Å². The molecule has 0 saturated carbocycles. The molecule has 0 aromatic heterocycles. The van der Waals surface area contributed by atoms with Crippen molar-refractivity contribution in [3.63, 3.8) is 0 Å². The maximum atomic E-state index is 11.9. The highest BCUT2D eigenvalue weighted by atomic mass is 16.5. The van der Waals surface area contributed by atoms with Crippen LogP contribution in [0, 0.1) is 5.92 Å². The Hall–Kier alpha value is -1.88. The van der Waals surface area contributed by atoms with E-state index in [9.17, 15) is 4.79 Å². The number of carboxylic acid groups (broad SMARTS) is 1. The van der Waals surface area contributed by atoms with Crippen LogP contribution >= 0.6 is 0 Å². The van der Waals surface area contributed by atoms with Gasteiger partial charge in [0.05, 0.1) is 5.56 Å². The first-order valence-corrected chi connectivity index (χ1v) is 7.49. The number of hydrogen-bond acceptors (Lipinski definition) is 4. The molecule has 0 radical (unpaired) electrons. The molecule has 0 aliphatic carbocycles. The van der Waals surface area contributed by atoms with Crippen LogP contribution in [0.15, 0.2) is 30.3 Å². The molecule has 0 fully saturated rings. The van der Waals surface area contributed by atoms with Crippen molar-refractivity contribution < 1.29 is 19.4 Å². The molecule has 5 heteroatoms. The molecule has 2 unspecified atom stereocenters. The number of carbonyl (C=O) groups excluding carboxylic acids is 1. The molecule has 1 aromatic carbocycles. The summed E-state index contributed by atoms with van der Waals surface area (Å²) in [6.07, 6.45) is 0.990. The van der Waals surface area contributed by atoms with Gasteiger partial charge in [-0.15, -0.1) is 0 Å². The second-order valence-electron chi connectivity index (χ2n) is 5.51. The van der Waals surface area contributed by atoms with E-state index in [1.165, 1.54) is 0 Å². The fourth-order valence-corrected chi connectivity index (χ4v) is 1.68. The number of rotatable bonds is 7. The minimum Gasteiger partial charge on any atom is -0.483 e. The van der Waals surface area contributed by atoms with Gasteiger partial charge in [0.2, 0.25) is 0 Å². The first-order chi connectivity index (χ1) is 10.4. The topological polar surface area (TPSA) is 75.6 Å². The zero-order valence-electron chi connectivity index (χ0n) is 13.8. The highest BCUT2D eigenvalue weighted by Crippen LogP contribution is 2.07. The summed E-state index contributed by atoms with van der Waals surface area (Å²) < 4.78 is 5.45. The van der Waals surface area contributed by atoms with Crippen molar-refractivity contribution in [1.82, 2.24) is 5.32 Å². The summed E-state index contributed by atoms with van der Waals surface area (Å²) in [5, 5.41) is 10.3. The smallest absolute Gasteiger partial charge is 0.338 e. The lowest BCUT2D eigenvalue weighted by Crippen LogP contribution is -2.39. The van der Waals surface area contributed by atoms with E-state index in [0.29, 0.717) is 11.5 Å². The fourth-order valence-electron chi connectivity index (χ4n) is 1.68. The van der Waals surface area contributed by atoms with Crippen LogP contribution in [-0.4, -0.2) is 36.2 Å². The average molecular weight is 309 g/mol. The van der Waals surface area contributed by atoms with E-state index < -0.39 is 0 Å². The molecule has 5 nitrogen and oxygen atoms in total. The van der Waals surface area contributed by atoms with Crippen molar-refractivity contribution in [3.8, 4) is 0 Å². The van der Waals surface area contributed by atoms with Gasteiger partial charge in [-0.05, 0) is 44.9 Å². The minimum atomic E-state index is -0.259. The van der Waals surface area contributed by atoms with Gasteiger partial charge < -0.3 is 15.2 Å². The molecule has 2 atom stereocenters. The number of nitrogens with one attached hydrogen (secondary N) is 1. The molecule has 0 aliphatic heterocycles. The molecule has 1 rings (SSSR count). The third-order valence-electron chi connectivity index (χ3n) is 3.19. The van der Waals surface area contributed by atoms with E-state index in [-0.39, 0.29) is 24.6 Å². The second-order valence-corrected chi connectivity index (χ2v) is 5.51. The zero-order valence-corrected chi connectivity index (χ0v) is 13.8. The molecule has 0 aliphatic rings. The van der Waals surface area contributed by atoms with Crippen LogP contribution in [0.3, 0.4) is 0 Å². The molecule has 22 heavy (non-hydrogen) atoms. The van der Waals surface area contributed by atoms with E-state index in [0.717, 1.165) is 13.0 Å². The SMILES string of the molecule is CC(C)CCNC(C)C(C)OC(=O)c1ccccc1.O=CO. The minimum absolute atomic E-state index is 0.139. The van der Waals surface area contributed by atoms with Gasteiger partial charge >= 0.3 is 5.97 Å². The van der Waals surface area contributed by atoms with Crippen molar-refractivity contribution >= 4 is 12.4 Å². The average Bonchev–Trinajstić information content (AvgIpc) is 2.48. The van der Waals surface area contributed by atoms with E-state index >= 15 is 0 Å². The predicted octanol–water partition coefficient (Wildman–Crippen LogP) is 2.96. The molecule has 0 heterocycles. The molecule has 0 saturated heterocycles. The Kier molecular flexibility index (Phi) is 10.7. The maximum absolute atomic E-state index is 11.9. The summed E-state index contributed by atoms with van der Waals surface area (Å²) >= 11 is 0. The van der Waals surface area contributed by atoms with Gasteiger partial charge in [-0.1, -0.05) is 32.0 Å². The Morgan fingerprint density at radius 2 is 1.77 bits per heavy atom. The summed E-state index contributed by atoms with van der Waals surface area (Å²) in [7, 11) is 0. The maximum Gasteiger partial charge on any atom is 0.338 e. The van der Waals surface area contributed by atoms with Crippen molar-refractivity contribution in [2.45, 2.75) is 46.3 Å². The molecule has 0 bridgehead atoms. The lowest BCUT2D eigenvalue weighted by molar-refractivity contribution is -0.122. The van der Waals surface area contributed by atoms with E-state index in [1.807, 2.05) is 32.0 Å². The summed E-state index contributed by atoms with van der Waals surface area (Å²) in [4.78, 5) is 20.3. The van der Waals surface area contributed by atoms with E-state index in [1.54, 1.807) is 12.1 Å². The molecule has 124 valence electrons. The Balaban J connectivity index is 0.00000135. The number of esters is 1. The van der Waals surface area contributed by atoms with Crippen molar-refractivity contribution in [3.05, 3.63) is 35.9 Å². The lowest BCUT2D eigenvalue weighted by Gasteiger charge is -2.22. The van der Waals surface area contributed by atoms with Crippen LogP contribution in [0.25, 0.3) is 0 Å². The van der Waals surface area contributed by atoms with E-state index in [4.69, 9.17) is 14.6 Å². The Morgan fingerprint density at radius 1 is 1.23 bits per heavy atom. The van der Waals surface area contributed by atoms with Crippen LogP contribution in [-0.2, 0) is 9.53 Å². The number of ether oxygens (including phenoxy) is 1. The number of benzene rings is 1. The van der Waals surface area contributed by atoms with Crippen LogP contribution in [0.4, 0.5) is 0 Å². The van der Waals surface area contributed by atoms with Crippen molar-refractivity contribution in [2.75, 3.05) is 6.54 Å². The largest absolute Gasteiger partial charge is 0.483 e. The standard InChI is InChI=1S/C16H25NO2.CH2O2/c1-12(2)10-11-17-13(3)14(4)19-16(18)15-8-6-5-7-9-15;2-1-3/h5-9,12-14,17H,10-11H2,1-4H3;1H,(H,2,3). The molecular weight excluding hydrogens is 282 g/mol. The summed E-state index contributed by atoms with van der Waals surface area (Å²) in [5.41, 5.74) is 0.601. The predicted molar refractivity (Wildman–Crippen MR) is 86.9 cm³/mol. The van der Waals surface area contributed by atoms with Gasteiger partial charge in [0.1, 0.15) is 6.10 Å². The first-order valence-electron chi connectivity index (χ1n) is 7.49. The molecule has 0 amide bonds. The molecular formula is C17H27NO4. The molecule has 2 N–H and O–H groups in total. The van der Waals surface area contributed by atoms with Crippen LogP contribution in [0.5, 0.6) is 0 Å². The normalized spacial score (nSPS) is 12.8. The fraction of sp³-hybridized carbons (Fsp3) is 0.529. The third kappa shape index (κ3) is 9.13. The number of hydrogen-bond donors (Lipinski definition) is 2. The summed E-state index contributed by atoms with van der Waals surface area (Å²) in [6, 6.07) is 9.26. The van der Waals surface area contributed by atoms with Gasteiger partial charge in [-0.2, -0.15) is 0 Å². The van der Waals surface area contributed by atoms with Crippen LogP contribution in [0.1, 0.15) is 44.5 Å². The van der Waals surface area contributed by atoms with Gasteiger partial charge in [0, 0.05) is 6.04 Å². The second kappa shape index (κ2) is 11.7. The third-order valence-corrected chi connectivity index (χ3v) is 3.19. The first kappa shape index (κ1) is 20.1. The quantitative estimate of drug-likeness (QED) is 0.598. The Bertz CT molecular complexity index is 420. The molecule has 1 aromatic rings. The van der Waals surface area contributed by atoms with Crippen molar-refractivity contribution in [1.29, 1.82) is 0 Å². The Labute approximate surface area is 132 Å². The Morgan fingerprint density at radius 3 is 2.27 bits per heavy atom. The lowest BCUT2D eigenvalue weighted by atomic mass is 10.1.